The Morgan fingerprint density at radius 2 is 1.92 bits per heavy atom. The second-order valence-electron chi connectivity index (χ2n) is 3.35. The third kappa shape index (κ3) is 2.82. The van der Waals surface area contributed by atoms with Crippen molar-refractivity contribution in [3.05, 3.63) is 29.8 Å². The van der Waals surface area contributed by atoms with Crippen LogP contribution in [0.25, 0.3) is 6.08 Å². The van der Waals surface area contributed by atoms with Gasteiger partial charge < -0.3 is 10.2 Å². The Labute approximate surface area is 78.2 Å². The molecule has 0 spiro atoms. The molecule has 0 aromatic heterocycles. The zero-order valence-corrected chi connectivity index (χ0v) is 7.86. The minimum absolute atomic E-state index is 0.168. The van der Waals surface area contributed by atoms with Crippen molar-refractivity contribution in [2.75, 3.05) is 0 Å². The van der Waals surface area contributed by atoms with E-state index in [4.69, 9.17) is 5.11 Å². The third-order valence-corrected chi connectivity index (χ3v) is 1.67. The van der Waals surface area contributed by atoms with Gasteiger partial charge in [-0.3, -0.25) is 0 Å². The van der Waals surface area contributed by atoms with Gasteiger partial charge in [-0.15, -0.1) is 0 Å². The van der Waals surface area contributed by atoms with E-state index in [1.807, 2.05) is 6.08 Å². The Balaban J connectivity index is 2.93. The van der Waals surface area contributed by atoms with E-state index in [1.165, 1.54) is 18.2 Å². The van der Waals surface area contributed by atoms with Crippen LogP contribution in [0.1, 0.15) is 19.4 Å². The monoisotopic (exact) mass is 178 g/mol. The SMILES string of the molecule is CC(C)/C=C\c1cc(O)ccc1O. The Morgan fingerprint density at radius 3 is 2.54 bits per heavy atom. The molecule has 0 atom stereocenters. The average molecular weight is 178 g/mol. The molecule has 2 N–H and O–H groups in total. The van der Waals surface area contributed by atoms with Gasteiger partial charge in [-0.1, -0.05) is 26.0 Å². The van der Waals surface area contributed by atoms with Crippen molar-refractivity contribution in [3.8, 4) is 11.5 Å². The lowest BCUT2D eigenvalue weighted by Crippen LogP contribution is -1.79. The quantitative estimate of drug-likeness (QED) is 0.683. The summed E-state index contributed by atoms with van der Waals surface area (Å²) in [6.45, 7) is 4.10. The van der Waals surface area contributed by atoms with Crippen LogP contribution in [0.3, 0.4) is 0 Å². The molecular weight excluding hydrogens is 164 g/mol. The minimum atomic E-state index is 0.168. The number of aromatic hydroxyl groups is 2. The van der Waals surface area contributed by atoms with Crippen molar-refractivity contribution in [1.82, 2.24) is 0 Å². The molecule has 0 aliphatic carbocycles. The van der Waals surface area contributed by atoms with Crippen LogP contribution in [0.5, 0.6) is 11.5 Å². The smallest absolute Gasteiger partial charge is 0.123 e. The van der Waals surface area contributed by atoms with Gasteiger partial charge in [0.1, 0.15) is 11.5 Å². The van der Waals surface area contributed by atoms with Crippen molar-refractivity contribution in [1.29, 1.82) is 0 Å². The highest BCUT2D eigenvalue weighted by Crippen LogP contribution is 2.23. The minimum Gasteiger partial charge on any atom is -0.508 e. The Kier molecular flexibility index (Phi) is 2.96. The van der Waals surface area contributed by atoms with E-state index < -0.39 is 0 Å². The van der Waals surface area contributed by atoms with E-state index in [9.17, 15) is 5.11 Å². The topological polar surface area (TPSA) is 40.5 Å². The number of phenolic OH excluding ortho intramolecular Hbond substituents is 2. The van der Waals surface area contributed by atoms with E-state index in [1.54, 1.807) is 6.08 Å². The number of rotatable bonds is 2. The van der Waals surface area contributed by atoms with Crippen LogP contribution < -0.4 is 0 Å². The van der Waals surface area contributed by atoms with Crippen molar-refractivity contribution in [2.24, 2.45) is 5.92 Å². The zero-order valence-electron chi connectivity index (χ0n) is 7.86. The summed E-state index contributed by atoms with van der Waals surface area (Å²) in [7, 11) is 0. The molecule has 1 aromatic rings. The highest BCUT2D eigenvalue weighted by atomic mass is 16.3. The first kappa shape index (κ1) is 9.65. The summed E-state index contributed by atoms with van der Waals surface area (Å²) >= 11 is 0. The van der Waals surface area contributed by atoms with Crippen molar-refractivity contribution >= 4 is 6.08 Å². The van der Waals surface area contributed by atoms with E-state index in [0.717, 1.165) is 0 Å². The van der Waals surface area contributed by atoms with Gasteiger partial charge in [0.25, 0.3) is 0 Å². The maximum Gasteiger partial charge on any atom is 0.123 e. The molecule has 1 aromatic carbocycles. The Morgan fingerprint density at radius 1 is 1.23 bits per heavy atom. The summed E-state index contributed by atoms with van der Waals surface area (Å²) in [5.74, 6) is 0.789. The van der Waals surface area contributed by atoms with Gasteiger partial charge >= 0.3 is 0 Å². The fraction of sp³-hybridized carbons (Fsp3) is 0.273. The van der Waals surface area contributed by atoms with Gasteiger partial charge in [-0.05, 0) is 24.1 Å². The van der Waals surface area contributed by atoms with E-state index >= 15 is 0 Å². The molecular formula is C11H14O2. The maximum atomic E-state index is 9.39. The Bertz CT molecular complexity index is 314. The van der Waals surface area contributed by atoms with Crippen molar-refractivity contribution in [3.63, 3.8) is 0 Å². The van der Waals surface area contributed by atoms with Crippen LogP contribution in [-0.4, -0.2) is 10.2 Å². The van der Waals surface area contributed by atoms with Crippen LogP contribution in [0.15, 0.2) is 24.3 Å². The molecule has 0 bridgehead atoms. The van der Waals surface area contributed by atoms with Crippen LogP contribution in [0.2, 0.25) is 0 Å². The van der Waals surface area contributed by atoms with E-state index in [2.05, 4.69) is 13.8 Å². The first-order valence-electron chi connectivity index (χ1n) is 4.30. The lowest BCUT2D eigenvalue weighted by Gasteiger charge is -2.00. The van der Waals surface area contributed by atoms with E-state index in [0.29, 0.717) is 11.5 Å². The molecule has 2 heteroatoms. The summed E-state index contributed by atoms with van der Waals surface area (Å²) in [6.07, 6.45) is 3.77. The molecule has 0 amide bonds. The molecule has 0 unspecified atom stereocenters. The van der Waals surface area contributed by atoms with Crippen LogP contribution in [-0.2, 0) is 0 Å². The highest BCUT2D eigenvalue weighted by molar-refractivity contribution is 5.58. The predicted molar refractivity (Wildman–Crippen MR) is 53.6 cm³/mol. The normalized spacial score (nSPS) is 11.3. The highest BCUT2D eigenvalue weighted by Gasteiger charge is 1.98. The maximum absolute atomic E-state index is 9.39. The predicted octanol–water partition coefficient (Wildman–Crippen LogP) is 2.77. The van der Waals surface area contributed by atoms with Gasteiger partial charge in [0.15, 0.2) is 0 Å². The van der Waals surface area contributed by atoms with Gasteiger partial charge in [0.05, 0.1) is 0 Å². The molecule has 0 saturated carbocycles. The lowest BCUT2D eigenvalue weighted by molar-refractivity contribution is 0.459. The fourth-order valence-electron chi connectivity index (χ4n) is 0.972. The van der Waals surface area contributed by atoms with Crippen molar-refractivity contribution < 1.29 is 10.2 Å². The molecule has 0 heterocycles. The summed E-state index contributed by atoms with van der Waals surface area (Å²) in [5, 5.41) is 18.5. The molecule has 0 fully saturated rings. The summed E-state index contributed by atoms with van der Waals surface area (Å²) in [5.41, 5.74) is 0.647. The zero-order chi connectivity index (χ0) is 9.84. The van der Waals surface area contributed by atoms with E-state index in [-0.39, 0.29) is 11.5 Å². The molecule has 0 aliphatic heterocycles. The standard InChI is InChI=1S/C11H14O2/c1-8(2)3-4-9-7-10(12)5-6-11(9)13/h3-8,12-13H,1-2H3/b4-3-. The fourth-order valence-corrected chi connectivity index (χ4v) is 0.972. The van der Waals surface area contributed by atoms with Crippen molar-refractivity contribution in [2.45, 2.75) is 13.8 Å². The van der Waals surface area contributed by atoms with Gasteiger partial charge in [0, 0.05) is 5.56 Å². The number of allylic oxidation sites excluding steroid dienone is 1. The molecule has 0 saturated heterocycles. The number of hydrogen-bond acceptors (Lipinski definition) is 2. The average Bonchev–Trinajstić information content (AvgIpc) is 2.06. The Hall–Kier alpha value is -1.44. The lowest BCUT2D eigenvalue weighted by atomic mass is 10.1. The molecule has 1 rings (SSSR count). The molecule has 0 aliphatic rings. The van der Waals surface area contributed by atoms with Crippen LogP contribution in [0.4, 0.5) is 0 Å². The first-order valence-corrected chi connectivity index (χ1v) is 4.30. The molecule has 13 heavy (non-hydrogen) atoms. The number of benzene rings is 1. The number of hydrogen-bond donors (Lipinski definition) is 2. The molecule has 70 valence electrons. The van der Waals surface area contributed by atoms with Crippen LogP contribution in [0, 0.1) is 5.92 Å². The second-order valence-corrected chi connectivity index (χ2v) is 3.35. The van der Waals surface area contributed by atoms with Gasteiger partial charge in [-0.25, -0.2) is 0 Å². The summed E-state index contributed by atoms with van der Waals surface area (Å²) < 4.78 is 0. The summed E-state index contributed by atoms with van der Waals surface area (Å²) in [4.78, 5) is 0. The largest absolute Gasteiger partial charge is 0.508 e. The third-order valence-electron chi connectivity index (χ3n) is 1.67. The van der Waals surface area contributed by atoms with Gasteiger partial charge in [0.2, 0.25) is 0 Å². The molecule has 0 radical (unpaired) electrons. The number of phenols is 2. The second kappa shape index (κ2) is 3.99. The van der Waals surface area contributed by atoms with Crippen LogP contribution >= 0.6 is 0 Å². The molecule has 2 nitrogen and oxygen atoms in total. The summed E-state index contributed by atoms with van der Waals surface area (Å²) in [6, 6.07) is 4.48. The first-order chi connectivity index (χ1) is 6.09. The van der Waals surface area contributed by atoms with Gasteiger partial charge in [-0.2, -0.15) is 0 Å².